The number of hydrogen-bond donors (Lipinski definition) is 2. The highest BCUT2D eigenvalue weighted by atomic mass is 32.2. The minimum absolute atomic E-state index is 0.0181. The highest BCUT2D eigenvalue weighted by molar-refractivity contribution is 7.90. The lowest BCUT2D eigenvalue weighted by molar-refractivity contribution is 0.0981. The van der Waals surface area contributed by atoms with E-state index in [2.05, 4.69) is 11.9 Å². The number of pyridine rings is 2. The summed E-state index contributed by atoms with van der Waals surface area (Å²) in [5, 5.41) is 0. The van der Waals surface area contributed by atoms with E-state index in [-0.39, 0.29) is 23.2 Å². The molecule has 3 heterocycles. The van der Waals surface area contributed by atoms with Crippen LogP contribution >= 0.6 is 0 Å². The number of nitrogens with zero attached hydrogens (tertiary/aromatic N) is 2. The Labute approximate surface area is 227 Å². The van der Waals surface area contributed by atoms with Gasteiger partial charge in [0.15, 0.2) is 4.90 Å². The largest absolute Gasteiger partial charge is 0.493 e. The van der Waals surface area contributed by atoms with Gasteiger partial charge in [0.25, 0.3) is 21.5 Å². The van der Waals surface area contributed by atoms with Crippen LogP contribution in [-0.2, 0) is 10.0 Å². The third-order valence-electron chi connectivity index (χ3n) is 7.11. The maximum Gasteiger partial charge on any atom is 0.269 e. The zero-order valence-corrected chi connectivity index (χ0v) is 23.4. The third kappa shape index (κ3) is 5.98. The average molecular weight is 557 g/mol. The Morgan fingerprint density at radius 3 is 2.64 bits per heavy atom. The van der Waals surface area contributed by atoms with Crippen LogP contribution in [-0.4, -0.2) is 43.0 Å². The summed E-state index contributed by atoms with van der Waals surface area (Å²) in [5.74, 6) is -0.283. The summed E-state index contributed by atoms with van der Waals surface area (Å²) in [6.07, 6.45) is 2.14. The van der Waals surface area contributed by atoms with E-state index >= 15 is 0 Å². The molecule has 1 atom stereocenters. The maximum absolute atomic E-state index is 14.5. The average Bonchev–Trinajstić information content (AvgIpc) is 3.13. The predicted octanol–water partition coefficient (Wildman–Crippen LogP) is 4.35. The topological polar surface area (TPSA) is 121 Å². The number of anilines is 1. The molecule has 1 aromatic carbocycles. The van der Waals surface area contributed by atoms with Gasteiger partial charge in [0.1, 0.15) is 17.4 Å². The molecule has 1 aliphatic heterocycles. The summed E-state index contributed by atoms with van der Waals surface area (Å²) in [4.78, 5) is 33.9. The number of sulfonamides is 1. The molecule has 0 saturated carbocycles. The van der Waals surface area contributed by atoms with Crippen LogP contribution in [0.2, 0.25) is 0 Å². The van der Waals surface area contributed by atoms with Gasteiger partial charge in [-0.1, -0.05) is 20.8 Å². The van der Waals surface area contributed by atoms with E-state index in [0.717, 1.165) is 12.5 Å². The Balaban J connectivity index is 1.78. The Kier molecular flexibility index (Phi) is 7.83. The molecule has 208 valence electrons. The van der Waals surface area contributed by atoms with Gasteiger partial charge in [-0.05, 0) is 68.5 Å². The molecule has 1 unspecified atom stereocenters. The van der Waals surface area contributed by atoms with Crippen molar-refractivity contribution in [1.82, 2.24) is 14.7 Å². The lowest BCUT2D eigenvalue weighted by atomic mass is 9.90. The van der Waals surface area contributed by atoms with Gasteiger partial charge in [-0.15, -0.1) is 0 Å². The smallest absolute Gasteiger partial charge is 0.269 e. The number of rotatable bonds is 8. The van der Waals surface area contributed by atoms with E-state index in [0.29, 0.717) is 30.2 Å². The van der Waals surface area contributed by atoms with Gasteiger partial charge in [-0.25, -0.2) is 22.5 Å². The molecule has 11 heteroatoms. The normalized spacial score (nSPS) is 16.9. The molecule has 9 nitrogen and oxygen atoms in total. The van der Waals surface area contributed by atoms with Gasteiger partial charge in [0, 0.05) is 29.9 Å². The van der Waals surface area contributed by atoms with Gasteiger partial charge < -0.3 is 14.6 Å². The van der Waals surface area contributed by atoms with Crippen LogP contribution in [0.1, 0.15) is 51.4 Å². The van der Waals surface area contributed by atoms with Gasteiger partial charge >= 0.3 is 0 Å². The number of H-pyrrole nitrogens is 1. The van der Waals surface area contributed by atoms with Gasteiger partial charge in [0.2, 0.25) is 0 Å². The second-order valence-corrected chi connectivity index (χ2v) is 12.4. The Bertz CT molecular complexity index is 1550. The summed E-state index contributed by atoms with van der Waals surface area (Å²) in [6, 6.07) is 9.79. The molecule has 3 aromatic rings. The number of aromatic nitrogens is 2. The first-order valence-corrected chi connectivity index (χ1v) is 14.2. The summed E-state index contributed by atoms with van der Waals surface area (Å²) in [7, 11) is -4.46. The fourth-order valence-electron chi connectivity index (χ4n) is 4.51. The molecule has 0 bridgehead atoms. The number of nitrogens with one attached hydrogen (secondary N) is 2. The summed E-state index contributed by atoms with van der Waals surface area (Å²) in [6.45, 7) is 11.1. The van der Waals surface area contributed by atoms with Crippen molar-refractivity contribution in [2.45, 2.75) is 51.5 Å². The van der Waals surface area contributed by atoms with E-state index in [1.807, 2.05) is 37.3 Å². The van der Waals surface area contributed by atoms with Crippen LogP contribution in [0.15, 0.2) is 58.4 Å². The predicted molar refractivity (Wildman–Crippen MR) is 147 cm³/mol. The fraction of sp³-hybridized carbons (Fsp3) is 0.393. The zero-order valence-electron chi connectivity index (χ0n) is 22.6. The Morgan fingerprint density at radius 1 is 1.26 bits per heavy atom. The van der Waals surface area contributed by atoms with Crippen molar-refractivity contribution in [1.29, 1.82) is 0 Å². The number of halogens is 1. The number of carbonyl (C=O) groups excluding carboxylic acids is 1. The second-order valence-electron chi connectivity index (χ2n) is 10.7. The highest BCUT2D eigenvalue weighted by Crippen LogP contribution is 2.39. The third-order valence-corrected chi connectivity index (χ3v) is 8.47. The van der Waals surface area contributed by atoms with E-state index in [1.165, 1.54) is 36.5 Å². The summed E-state index contributed by atoms with van der Waals surface area (Å²) in [5.41, 5.74) is -0.375. The quantitative estimate of drug-likeness (QED) is 0.423. The first-order chi connectivity index (χ1) is 18.3. The van der Waals surface area contributed by atoms with E-state index < -0.39 is 37.7 Å². The fourth-order valence-corrected chi connectivity index (χ4v) is 5.53. The van der Waals surface area contributed by atoms with Crippen LogP contribution < -0.4 is 19.9 Å². The number of aromatic amines is 1. The number of ether oxygens (including phenoxy) is 1. The summed E-state index contributed by atoms with van der Waals surface area (Å²) < 4.78 is 48.0. The number of amides is 1. The zero-order chi connectivity index (χ0) is 28.5. The van der Waals surface area contributed by atoms with E-state index in [9.17, 15) is 22.4 Å². The molecule has 1 amide bonds. The summed E-state index contributed by atoms with van der Waals surface area (Å²) >= 11 is 0. The van der Waals surface area contributed by atoms with Gasteiger partial charge in [-0.2, -0.15) is 0 Å². The first-order valence-electron chi connectivity index (χ1n) is 12.8. The molecule has 39 heavy (non-hydrogen) atoms. The van der Waals surface area contributed by atoms with Crippen molar-refractivity contribution in [2.24, 2.45) is 11.8 Å². The monoisotopic (exact) mass is 556 g/mol. The van der Waals surface area contributed by atoms with Crippen LogP contribution in [0.25, 0.3) is 11.3 Å². The minimum atomic E-state index is -4.46. The van der Waals surface area contributed by atoms with Crippen LogP contribution in [0.5, 0.6) is 5.75 Å². The molecule has 4 rings (SSSR count). The van der Waals surface area contributed by atoms with Crippen molar-refractivity contribution < 1.29 is 22.3 Å². The SMILES string of the molecule is CC(C)COc1cc(F)cc(-c2ccc(C(=O)NS(=O)(=O)c3ccc[nH]c3=O)c(N3CCC(C)C3(C)C)n2)c1. The number of benzene rings is 1. The van der Waals surface area contributed by atoms with Crippen LogP contribution in [0.3, 0.4) is 0 Å². The molecule has 1 saturated heterocycles. The lowest BCUT2D eigenvalue weighted by Crippen LogP contribution is -2.44. The van der Waals surface area contributed by atoms with Crippen LogP contribution in [0.4, 0.5) is 10.2 Å². The first kappa shape index (κ1) is 28.3. The van der Waals surface area contributed by atoms with Gasteiger partial charge in [-0.3, -0.25) is 9.59 Å². The van der Waals surface area contributed by atoms with E-state index in [4.69, 9.17) is 9.72 Å². The standard InChI is InChI=1S/C28H33FN4O5S/c1-17(2)16-38-21-14-19(13-20(29)15-21)23-9-8-22(25(31-23)33-12-10-18(3)28(33,4)5)26(34)32-39(36,37)24-7-6-11-30-27(24)35/h6-9,11,13-15,17-18H,10,12,16H2,1-5H3,(H,30,35)(H,32,34). The van der Waals surface area contributed by atoms with Crippen molar-refractivity contribution >= 4 is 21.7 Å². The molecular formula is C28H33FN4O5S. The van der Waals surface area contributed by atoms with Gasteiger partial charge in [0.05, 0.1) is 17.9 Å². The minimum Gasteiger partial charge on any atom is -0.493 e. The molecule has 0 aliphatic carbocycles. The number of hydrogen-bond acceptors (Lipinski definition) is 7. The van der Waals surface area contributed by atoms with Crippen molar-refractivity contribution in [3.05, 3.63) is 70.4 Å². The number of carbonyl (C=O) groups is 1. The molecule has 1 aliphatic rings. The maximum atomic E-state index is 14.5. The van der Waals surface area contributed by atoms with E-state index in [1.54, 1.807) is 6.07 Å². The van der Waals surface area contributed by atoms with Crippen molar-refractivity contribution in [3.8, 4) is 17.0 Å². The molecule has 0 radical (unpaired) electrons. The molecule has 1 fully saturated rings. The van der Waals surface area contributed by atoms with Crippen molar-refractivity contribution in [3.63, 3.8) is 0 Å². The Hall–Kier alpha value is -3.73. The lowest BCUT2D eigenvalue weighted by Gasteiger charge is -2.36. The molecule has 2 aromatic heterocycles. The highest BCUT2D eigenvalue weighted by Gasteiger charge is 2.41. The molecule has 2 N–H and O–H groups in total. The second kappa shape index (κ2) is 10.8. The van der Waals surface area contributed by atoms with Crippen LogP contribution in [0, 0.1) is 17.7 Å². The Morgan fingerprint density at radius 2 is 2.00 bits per heavy atom. The molecule has 0 spiro atoms. The van der Waals surface area contributed by atoms with Crippen molar-refractivity contribution in [2.75, 3.05) is 18.1 Å². The molecular weight excluding hydrogens is 523 g/mol.